The number of carboxylic acid groups (broad SMARTS) is 1. The fraction of sp³-hybridized carbons (Fsp3) is 0.0769. The lowest BCUT2D eigenvalue weighted by Crippen LogP contribution is -2.02. The van der Waals surface area contributed by atoms with Gasteiger partial charge in [-0.1, -0.05) is 0 Å². The number of hydrogen-bond donors (Lipinski definition) is 1. The average molecular weight is 249 g/mol. The third kappa shape index (κ3) is 2.20. The number of hydrogen-bond acceptors (Lipinski definition) is 2. The van der Waals surface area contributed by atoms with Gasteiger partial charge in [0.05, 0.1) is 17.0 Å². The van der Waals surface area contributed by atoms with E-state index in [1.807, 2.05) is 0 Å². The Morgan fingerprint density at radius 2 is 1.94 bits per heavy atom. The smallest absolute Gasteiger partial charge is 0.337 e. The van der Waals surface area contributed by atoms with E-state index in [1.54, 1.807) is 0 Å². The van der Waals surface area contributed by atoms with E-state index >= 15 is 0 Å². The second-order valence-corrected chi connectivity index (χ2v) is 3.76. The van der Waals surface area contributed by atoms with Crippen LogP contribution in [0, 0.1) is 18.6 Å². The molecule has 1 aromatic heterocycles. The molecule has 0 spiro atoms. The Labute approximate surface area is 102 Å². The van der Waals surface area contributed by atoms with Crippen LogP contribution in [0.25, 0.3) is 11.3 Å². The van der Waals surface area contributed by atoms with Gasteiger partial charge < -0.3 is 5.11 Å². The fourth-order valence-corrected chi connectivity index (χ4v) is 1.63. The third-order valence-corrected chi connectivity index (χ3v) is 2.52. The van der Waals surface area contributed by atoms with E-state index in [0.717, 1.165) is 18.2 Å². The molecule has 2 rings (SSSR count). The highest BCUT2D eigenvalue weighted by Crippen LogP contribution is 2.23. The van der Waals surface area contributed by atoms with Gasteiger partial charge in [-0.2, -0.15) is 0 Å². The molecular weight excluding hydrogens is 240 g/mol. The van der Waals surface area contributed by atoms with Crippen LogP contribution >= 0.6 is 0 Å². The van der Waals surface area contributed by atoms with Crippen molar-refractivity contribution in [3.8, 4) is 11.3 Å². The van der Waals surface area contributed by atoms with E-state index in [4.69, 9.17) is 5.11 Å². The van der Waals surface area contributed by atoms with Crippen molar-refractivity contribution in [1.29, 1.82) is 0 Å². The van der Waals surface area contributed by atoms with Crippen LogP contribution < -0.4 is 0 Å². The lowest BCUT2D eigenvalue weighted by Gasteiger charge is -2.06. The molecule has 0 aliphatic rings. The van der Waals surface area contributed by atoms with Gasteiger partial charge in [-0.3, -0.25) is 4.98 Å². The lowest BCUT2D eigenvalue weighted by atomic mass is 10.1. The number of nitrogens with zero attached hydrogens (tertiary/aromatic N) is 1. The summed E-state index contributed by atoms with van der Waals surface area (Å²) in [6.45, 7) is 1.50. The first-order valence-electron chi connectivity index (χ1n) is 5.15. The van der Waals surface area contributed by atoms with E-state index < -0.39 is 17.6 Å². The van der Waals surface area contributed by atoms with Crippen LogP contribution in [0.3, 0.4) is 0 Å². The van der Waals surface area contributed by atoms with Gasteiger partial charge in [0.2, 0.25) is 0 Å². The van der Waals surface area contributed by atoms with Crippen LogP contribution in [0.15, 0.2) is 30.3 Å². The number of aromatic nitrogens is 1. The summed E-state index contributed by atoms with van der Waals surface area (Å²) in [5, 5.41) is 8.85. The molecule has 0 saturated heterocycles. The Bertz CT molecular complexity index is 626. The minimum Gasteiger partial charge on any atom is -0.478 e. The highest BCUT2D eigenvalue weighted by atomic mass is 19.1. The molecule has 3 nitrogen and oxygen atoms in total. The van der Waals surface area contributed by atoms with E-state index in [1.165, 1.54) is 19.1 Å². The second kappa shape index (κ2) is 4.52. The van der Waals surface area contributed by atoms with E-state index in [9.17, 15) is 13.6 Å². The predicted octanol–water partition coefficient (Wildman–Crippen LogP) is 3.03. The molecule has 92 valence electrons. The number of halogens is 2. The van der Waals surface area contributed by atoms with Gasteiger partial charge in [-0.25, -0.2) is 13.6 Å². The molecule has 0 aliphatic carbocycles. The Hall–Kier alpha value is -2.30. The minimum absolute atomic E-state index is 0.00930. The van der Waals surface area contributed by atoms with Crippen molar-refractivity contribution in [1.82, 2.24) is 4.98 Å². The molecule has 1 N–H and O–H groups in total. The van der Waals surface area contributed by atoms with Crippen LogP contribution in [0.5, 0.6) is 0 Å². The van der Waals surface area contributed by atoms with Gasteiger partial charge in [0.25, 0.3) is 0 Å². The van der Waals surface area contributed by atoms with E-state index in [-0.39, 0.29) is 22.5 Å². The SMILES string of the molecule is Cc1nc(-c2cc(F)ccc2F)ccc1C(=O)O. The van der Waals surface area contributed by atoms with Gasteiger partial charge in [-0.15, -0.1) is 0 Å². The maximum absolute atomic E-state index is 13.5. The molecule has 1 aromatic carbocycles. The maximum Gasteiger partial charge on any atom is 0.337 e. The molecule has 0 saturated carbocycles. The number of benzene rings is 1. The Morgan fingerprint density at radius 1 is 1.22 bits per heavy atom. The lowest BCUT2D eigenvalue weighted by molar-refractivity contribution is 0.0695. The molecule has 1 heterocycles. The average Bonchev–Trinajstić information content (AvgIpc) is 2.31. The monoisotopic (exact) mass is 249 g/mol. The predicted molar refractivity (Wildman–Crippen MR) is 61.3 cm³/mol. The normalized spacial score (nSPS) is 10.4. The largest absolute Gasteiger partial charge is 0.478 e. The first-order chi connectivity index (χ1) is 8.49. The Morgan fingerprint density at radius 3 is 2.56 bits per heavy atom. The summed E-state index contributed by atoms with van der Waals surface area (Å²) in [6, 6.07) is 5.72. The van der Waals surface area contributed by atoms with Crippen LogP contribution in [0.2, 0.25) is 0 Å². The van der Waals surface area contributed by atoms with Crippen molar-refractivity contribution < 1.29 is 18.7 Å². The first-order valence-corrected chi connectivity index (χ1v) is 5.15. The van der Waals surface area contributed by atoms with E-state index in [2.05, 4.69) is 4.98 Å². The molecule has 18 heavy (non-hydrogen) atoms. The zero-order valence-electron chi connectivity index (χ0n) is 9.45. The summed E-state index contributed by atoms with van der Waals surface area (Å²) in [4.78, 5) is 14.8. The van der Waals surface area contributed by atoms with Crippen molar-refractivity contribution in [3.05, 3.63) is 53.2 Å². The van der Waals surface area contributed by atoms with Crippen LogP contribution in [-0.2, 0) is 0 Å². The van der Waals surface area contributed by atoms with Crippen LogP contribution in [0.1, 0.15) is 16.1 Å². The molecule has 0 fully saturated rings. The number of aryl methyl sites for hydroxylation is 1. The van der Waals surface area contributed by atoms with Crippen molar-refractivity contribution in [3.63, 3.8) is 0 Å². The molecular formula is C13H9F2NO2. The number of carboxylic acids is 1. The summed E-state index contributed by atoms with van der Waals surface area (Å²) in [7, 11) is 0. The molecule has 0 atom stereocenters. The summed E-state index contributed by atoms with van der Waals surface area (Å²) >= 11 is 0. The number of carbonyl (C=O) groups is 1. The fourth-order valence-electron chi connectivity index (χ4n) is 1.63. The van der Waals surface area contributed by atoms with Crippen molar-refractivity contribution in [2.24, 2.45) is 0 Å². The molecule has 0 aliphatic heterocycles. The third-order valence-electron chi connectivity index (χ3n) is 2.52. The minimum atomic E-state index is -1.11. The number of pyridine rings is 1. The van der Waals surface area contributed by atoms with Gasteiger partial charge >= 0.3 is 5.97 Å². The molecule has 0 amide bonds. The van der Waals surface area contributed by atoms with Crippen molar-refractivity contribution >= 4 is 5.97 Å². The Kier molecular flexibility index (Phi) is 3.06. The van der Waals surface area contributed by atoms with Crippen molar-refractivity contribution in [2.75, 3.05) is 0 Å². The van der Waals surface area contributed by atoms with Crippen LogP contribution in [0.4, 0.5) is 8.78 Å². The van der Waals surface area contributed by atoms with Gasteiger partial charge in [0.15, 0.2) is 0 Å². The van der Waals surface area contributed by atoms with E-state index in [0.29, 0.717) is 0 Å². The summed E-state index contributed by atoms with van der Waals surface area (Å²) < 4.78 is 26.6. The first kappa shape index (κ1) is 12.2. The molecule has 5 heteroatoms. The highest BCUT2D eigenvalue weighted by Gasteiger charge is 2.12. The van der Waals surface area contributed by atoms with Gasteiger partial charge in [0, 0.05) is 5.56 Å². The molecule has 0 bridgehead atoms. The van der Waals surface area contributed by atoms with Crippen LogP contribution in [-0.4, -0.2) is 16.1 Å². The maximum atomic E-state index is 13.5. The molecule has 0 radical (unpaired) electrons. The van der Waals surface area contributed by atoms with Gasteiger partial charge in [0.1, 0.15) is 11.6 Å². The van der Waals surface area contributed by atoms with Gasteiger partial charge in [-0.05, 0) is 37.3 Å². The number of rotatable bonds is 2. The summed E-state index contributed by atoms with van der Waals surface area (Å²) in [5.74, 6) is -2.29. The highest BCUT2D eigenvalue weighted by molar-refractivity contribution is 5.89. The zero-order valence-corrected chi connectivity index (χ0v) is 9.45. The van der Waals surface area contributed by atoms with Crippen molar-refractivity contribution in [2.45, 2.75) is 6.92 Å². The summed E-state index contributed by atoms with van der Waals surface area (Å²) in [5.41, 5.74) is 0.503. The standard InChI is InChI=1S/C13H9F2NO2/c1-7-9(13(17)18)3-5-12(16-7)10-6-8(14)2-4-11(10)15/h2-6H,1H3,(H,17,18). The molecule has 0 unspecified atom stereocenters. The zero-order chi connectivity index (χ0) is 13.3. The Balaban J connectivity index is 2.55. The summed E-state index contributed by atoms with van der Waals surface area (Å²) in [6.07, 6.45) is 0. The second-order valence-electron chi connectivity index (χ2n) is 3.76. The quantitative estimate of drug-likeness (QED) is 0.889. The molecule has 2 aromatic rings. The topological polar surface area (TPSA) is 50.2 Å². The number of aromatic carboxylic acids is 1.